The van der Waals surface area contributed by atoms with Crippen molar-refractivity contribution in [2.24, 2.45) is 0 Å². The number of benzene rings is 2. The molecule has 0 unspecified atom stereocenters. The Hall–Kier alpha value is -4.27. The molecule has 0 saturated heterocycles. The number of rotatable bonds is 19. The number of para-hydroxylation sites is 2. The lowest BCUT2D eigenvalue weighted by Crippen LogP contribution is -2.33. The van der Waals surface area contributed by atoms with E-state index in [2.05, 4.69) is 10.2 Å². The largest absolute Gasteiger partial charge is 0.478 e. The molecule has 0 fully saturated rings. The zero-order valence-electron chi connectivity index (χ0n) is 25.6. The van der Waals surface area contributed by atoms with E-state index in [1.165, 1.54) is 0 Å². The summed E-state index contributed by atoms with van der Waals surface area (Å²) in [4.78, 5) is 47.3. The molecule has 14 heteroatoms. The lowest BCUT2D eigenvalue weighted by Gasteiger charge is -2.27. The van der Waals surface area contributed by atoms with Crippen LogP contribution in [0.2, 0.25) is 5.02 Å². The number of methoxy groups -OCH3 is 1. The summed E-state index contributed by atoms with van der Waals surface area (Å²) in [6.45, 7) is 4.68. The third kappa shape index (κ3) is 13.8. The molecule has 2 aromatic rings. The molecule has 13 nitrogen and oxygen atoms in total. The molecular weight excluding hydrogens is 622 g/mol. The molecule has 0 spiro atoms. The van der Waals surface area contributed by atoms with Crippen molar-refractivity contribution in [1.82, 2.24) is 5.32 Å². The Morgan fingerprint density at radius 1 is 0.783 bits per heavy atom. The number of hydrogen-bond acceptors (Lipinski definition) is 9. The van der Waals surface area contributed by atoms with Crippen molar-refractivity contribution in [2.45, 2.75) is 12.8 Å². The molecule has 1 aliphatic rings. The van der Waals surface area contributed by atoms with Crippen LogP contribution in [0.1, 0.15) is 23.2 Å². The van der Waals surface area contributed by atoms with Crippen LogP contribution in [-0.4, -0.2) is 105 Å². The van der Waals surface area contributed by atoms with Gasteiger partial charge in [-0.1, -0.05) is 29.8 Å². The smallest absolute Gasteiger partial charge is 0.328 e. The molecule has 3 rings (SSSR count). The summed E-state index contributed by atoms with van der Waals surface area (Å²) in [6.07, 6.45) is 5.57. The number of unbranched alkanes of at least 4 members (excludes halogenated alkanes) is 1. The van der Waals surface area contributed by atoms with Gasteiger partial charge in [0.05, 0.1) is 55.7 Å². The fourth-order valence-electron chi connectivity index (χ4n) is 4.30. The minimum absolute atomic E-state index is 0.0987. The predicted molar refractivity (Wildman–Crippen MR) is 173 cm³/mol. The molecule has 2 aromatic carbocycles. The number of amides is 1. The van der Waals surface area contributed by atoms with Crippen LogP contribution in [0.5, 0.6) is 0 Å². The van der Waals surface area contributed by atoms with Crippen molar-refractivity contribution in [3.63, 3.8) is 0 Å². The average molecular weight is 662 g/mol. The number of hydrogen-bond donors (Lipinski definition) is 4. The van der Waals surface area contributed by atoms with Crippen LogP contribution in [0.4, 0.5) is 17.1 Å². The fourth-order valence-corrected chi connectivity index (χ4v) is 4.47. The molecule has 0 saturated carbocycles. The summed E-state index contributed by atoms with van der Waals surface area (Å²) < 4.78 is 16.1. The van der Waals surface area contributed by atoms with Crippen LogP contribution >= 0.6 is 11.6 Å². The van der Waals surface area contributed by atoms with Gasteiger partial charge >= 0.3 is 17.9 Å². The van der Waals surface area contributed by atoms with E-state index in [-0.39, 0.29) is 5.91 Å². The van der Waals surface area contributed by atoms with Crippen LogP contribution in [0.25, 0.3) is 0 Å². The van der Waals surface area contributed by atoms with Gasteiger partial charge < -0.3 is 44.6 Å². The molecule has 46 heavy (non-hydrogen) atoms. The van der Waals surface area contributed by atoms with Crippen molar-refractivity contribution in [1.29, 1.82) is 0 Å². The third-order valence-corrected chi connectivity index (χ3v) is 6.56. The van der Waals surface area contributed by atoms with Gasteiger partial charge in [-0.2, -0.15) is 0 Å². The average Bonchev–Trinajstić information content (AvgIpc) is 3.11. The highest BCUT2D eigenvalue weighted by molar-refractivity contribution is 6.31. The fraction of sp³-hybridized carbons (Fsp3) is 0.375. The van der Waals surface area contributed by atoms with E-state index < -0.39 is 17.9 Å². The van der Waals surface area contributed by atoms with E-state index >= 15 is 0 Å². The Bertz CT molecular complexity index is 1340. The number of carbonyl (C=O) groups is 4. The molecule has 0 atom stereocenters. The second-order valence-electron chi connectivity index (χ2n) is 9.64. The molecule has 1 aliphatic heterocycles. The summed E-state index contributed by atoms with van der Waals surface area (Å²) in [5.41, 5.74) is 3.12. The van der Waals surface area contributed by atoms with Crippen molar-refractivity contribution in [3.8, 4) is 0 Å². The highest BCUT2D eigenvalue weighted by Crippen LogP contribution is 2.41. The number of fused-ring (bicyclic) bond motifs is 2. The molecule has 1 heterocycles. The first-order chi connectivity index (χ1) is 22.1. The van der Waals surface area contributed by atoms with Gasteiger partial charge in [0.1, 0.15) is 0 Å². The lowest BCUT2D eigenvalue weighted by atomic mass is 10.1. The molecule has 4 N–H and O–H groups in total. The molecule has 250 valence electrons. The highest BCUT2D eigenvalue weighted by atomic mass is 35.5. The molecular formula is C32H40ClN3O10. The van der Waals surface area contributed by atoms with Crippen molar-refractivity contribution < 1.29 is 48.7 Å². The SMILES string of the molecule is COCCOCCOCCN1C(=O)c2ccc(Cl)cc2N(CCCCNC/C=C/C(=O)O)c2ccccc21.O=C(O)/C=C\C(=O)O. The first kappa shape index (κ1) is 37.9. The number of nitrogens with zero attached hydrogens (tertiary/aromatic N) is 2. The van der Waals surface area contributed by atoms with Crippen molar-refractivity contribution in [3.05, 3.63) is 77.4 Å². The van der Waals surface area contributed by atoms with Gasteiger partial charge in [0, 0.05) is 50.0 Å². The summed E-state index contributed by atoms with van der Waals surface area (Å²) in [5, 5.41) is 28.1. The van der Waals surface area contributed by atoms with Gasteiger partial charge in [-0.3, -0.25) is 4.79 Å². The van der Waals surface area contributed by atoms with E-state index in [0.29, 0.717) is 75.4 Å². The van der Waals surface area contributed by atoms with Crippen LogP contribution in [0.3, 0.4) is 0 Å². The van der Waals surface area contributed by atoms with Gasteiger partial charge in [-0.05, 0) is 49.7 Å². The number of carboxylic acids is 3. The minimum Gasteiger partial charge on any atom is -0.478 e. The van der Waals surface area contributed by atoms with Crippen molar-refractivity contribution in [2.75, 3.05) is 76.1 Å². The summed E-state index contributed by atoms with van der Waals surface area (Å²) in [6, 6.07) is 13.2. The second kappa shape index (κ2) is 21.5. The molecule has 0 bridgehead atoms. The van der Waals surface area contributed by atoms with Crippen LogP contribution < -0.4 is 15.1 Å². The van der Waals surface area contributed by atoms with Gasteiger partial charge in [0.2, 0.25) is 0 Å². The molecule has 0 aromatic heterocycles. The normalized spacial score (nSPS) is 12.4. The quantitative estimate of drug-likeness (QED) is 0.127. The third-order valence-electron chi connectivity index (χ3n) is 6.33. The van der Waals surface area contributed by atoms with Crippen molar-refractivity contribution >= 4 is 52.5 Å². The number of anilines is 3. The summed E-state index contributed by atoms with van der Waals surface area (Å²) in [5.74, 6) is -3.57. The number of carbonyl (C=O) groups excluding carboxylic acids is 1. The summed E-state index contributed by atoms with van der Waals surface area (Å²) >= 11 is 6.38. The maximum absolute atomic E-state index is 13.7. The van der Waals surface area contributed by atoms with E-state index in [1.807, 2.05) is 30.3 Å². The van der Waals surface area contributed by atoms with E-state index in [9.17, 15) is 19.2 Å². The zero-order valence-corrected chi connectivity index (χ0v) is 26.4. The molecule has 0 aliphatic carbocycles. The standard InChI is InChI=1S/C28H36ClN3O6.C4H4O4/c1-36-17-18-38-20-19-37-16-15-32-25-8-3-2-7-24(25)31(14-5-4-12-30-13-6-9-27(33)34)26-21-22(29)10-11-23(26)28(32)35;5-3(6)1-2-4(7)8/h2-3,6-11,21,30H,4-5,12-20H2,1H3,(H,33,34);1-2H,(H,5,6)(H,7,8)/b9-6+;2-1-. The van der Waals surface area contributed by atoms with Gasteiger partial charge in [0.25, 0.3) is 5.91 Å². The Labute approximate surface area is 272 Å². The number of nitrogens with one attached hydrogen (secondary N) is 1. The van der Waals surface area contributed by atoms with E-state index in [4.69, 9.17) is 41.1 Å². The maximum Gasteiger partial charge on any atom is 0.328 e. The first-order valence-electron chi connectivity index (χ1n) is 14.5. The van der Waals surface area contributed by atoms with Crippen LogP contribution in [-0.2, 0) is 28.6 Å². The van der Waals surface area contributed by atoms with Crippen LogP contribution in [0, 0.1) is 0 Å². The minimum atomic E-state index is -1.26. The van der Waals surface area contributed by atoms with E-state index in [1.54, 1.807) is 30.2 Å². The predicted octanol–water partition coefficient (Wildman–Crippen LogP) is 3.84. The Kier molecular flexibility index (Phi) is 17.7. The number of ether oxygens (including phenoxy) is 3. The zero-order chi connectivity index (χ0) is 33.7. The maximum atomic E-state index is 13.7. The topological polar surface area (TPSA) is 175 Å². The number of aliphatic carboxylic acids is 3. The van der Waals surface area contributed by atoms with Gasteiger partial charge in [-0.15, -0.1) is 0 Å². The van der Waals surface area contributed by atoms with Gasteiger partial charge in [-0.25, -0.2) is 14.4 Å². The van der Waals surface area contributed by atoms with E-state index in [0.717, 1.165) is 42.5 Å². The molecule has 0 radical (unpaired) electrons. The van der Waals surface area contributed by atoms with Gasteiger partial charge in [0.15, 0.2) is 0 Å². The Balaban J connectivity index is 0.000000812. The Morgan fingerprint density at radius 3 is 2.02 bits per heavy atom. The second-order valence-corrected chi connectivity index (χ2v) is 10.1. The highest BCUT2D eigenvalue weighted by Gasteiger charge is 2.30. The molecule has 1 amide bonds. The summed E-state index contributed by atoms with van der Waals surface area (Å²) in [7, 11) is 1.63. The van der Waals surface area contributed by atoms with Crippen LogP contribution in [0.15, 0.2) is 66.8 Å². The number of halogens is 1. The Morgan fingerprint density at radius 2 is 1.39 bits per heavy atom. The monoisotopic (exact) mass is 661 g/mol. The number of carboxylic acid groups (broad SMARTS) is 3. The lowest BCUT2D eigenvalue weighted by molar-refractivity contribution is -0.134. The first-order valence-corrected chi connectivity index (χ1v) is 14.9.